The van der Waals surface area contributed by atoms with E-state index in [0.717, 1.165) is 18.4 Å². The Bertz CT molecular complexity index is 947. The molecule has 0 heterocycles. The number of aryl methyl sites for hydroxylation is 1. The zero-order valence-electron chi connectivity index (χ0n) is 14.1. The molecule has 1 aliphatic rings. The molecule has 0 aromatic heterocycles. The van der Waals surface area contributed by atoms with Gasteiger partial charge in [0.15, 0.2) is 0 Å². The van der Waals surface area contributed by atoms with Crippen molar-refractivity contribution in [2.45, 2.75) is 30.2 Å². The molecule has 1 amide bonds. The summed E-state index contributed by atoms with van der Waals surface area (Å²) >= 11 is 0. The molecule has 0 saturated heterocycles. The van der Waals surface area contributed by atoms with Crippen molar-refractivity contribution in [2.75, 3.05) is 6.54 Å². The Balaban J connectivity index is 1.67. The first-order valence-corrected chi connectivity index (χ1v) is 9.85. The van der Waals surface area contributed by atoms with E-state index in [4.69, 9.17) is 5.26 Å². The van der Waals surface area contributed by atoms with Gasteiger partial charge in [0.25, 0.3) is 5.91 Å². The average Bonchev–Trinajstić information content (AvgIpc) is 3.05. The second-order valence-corrected chi connectivity index (χ2v) is 7.86. The number of hydrogen-bond donors (Lipinski definition) is 2. The van der Waals surface area contributed by atoms with E-state index in [1.807, 2.05) is 24.3 Å². The van der Waals surface area contributed by atoms with E-state index in [-0.39, 0.29) is 29.8 Å². The van der Waals surface area contributed by atoms with Crippen LogP contribution in [0.3, 0.4) is 0 Å². The van der Waals surface area contributed by atoms with Gasteiger partial charge in [-0.2, -0.15) is 5.26 Å². The number of amides is 1. The van der Waals surface area contributed by atoms with E-state index in [1.54, 1.807) is 0 Å². The summed E-state index contributed by atoms with van der Waals surface area (Å²) in [6.45, 7) is 0.0577. The zero-order valence-corrected chi connectivity index (χ0v) is 14.9. The van der Waals surface area contributed by atoms with Crippen molar-refractivity contribution >= 4 is 15.9 Å². The van der Waals surface area contributed by atoms with Gasteiger partial charge < -0.3 is 5.32 Å². The Kier molecular flexibility index (Phi) is 5.35. The number of sulfonamides is 1. The van der Waals surface area contributed by atoms with Gasteiger partial charge in [-0.1, -0.05) is 24.3 Å². The predicted octanol–water partition coefficient (Wildman–Crippen LogP) is 2.30. The molecule has 0 saturated carbocycles. The van der Waals surface area contributed by atoms with Crippen LogP contribution in [0.1, 0.15) is 40.4 Å². The first-order chi connectivity index (χ1) is 12.5. The number of fused-ring (bicyclic) bond motifs is 1. The van der Waals surface area contributed by atoms with Crippen LogP contribution in [0.2, 0.25) is 0 Å². The second-order valence-electron chi connectivity index (χ2n) is 6.09. The number of rotatable bonds is 6. The molecule has 2 N–H and O–H groups in total. The minimum absolute atomic E-state index is 0.0187. The maximum Gasteiger partial charge on any atom is 0.251 e. The van der Waals surface area contributed by atoms with Gasteiger partial charge in [0.2, 0.25) is 10.0 Å². The first-order valence-electron chi connectivity index (χ1n) is 8.36. The standard InChI is InChI=1S/C19H19N3O3S/c20-12-3-13-21-26(24,25)16-9-6-15(7-10-16)19(23)22-18-11-8-14-4-1-2-5-17(14)18/h1-2,4-7,9-10,18,21H,3,8,11,13H2,(H,22,23)/t18-/m1/s1. The third-order valence-electron chi connectivity index (χ3n) is 4.39. The summed E-state index contributed by atoms with van der Waals surface area (Å²) in [7, 11) is -3.67. The van der Waals surface area contributed by atoms with Gasteiger partial charge in [0.05, 0.1) is 17.0 Å². The summed E-state index contributed by atoms with van der Waals surface area (Å²) in [5, 5.41) is 11.5. The van der Waals surface area contributed by atoms with Crippen LogP contribution in [0.15, 0.2) is 53.4 Å². The molecule has 0 spiro atoms. The number of carbonyl (C=O) groups excluding carboxylic acids is 1. The third-order valence-corrected chi connectivity index (χ3v) is 5.87. The number of benzene rings is 2. The lowest BCUT2D eigenvalue weighted by Gasteiger charge is -2.14. The van der Waals surface area contributed by atoms with Gasteiger partial charge in [-0.15, -0.1) is 0 Å². The zero-order chi connectivity index (χ0) is 18.6. The van der Waals surface area contributed by atoms with Crippen LogP contribution < -0.4 is 10.0 Å². The number of nitriles is 1. The van der Waals surface area contributed by atoms with Gasteiger partial charge >= 0.3 is 0 Å². The van der Waals surface area contributed by atoms with Gasteiger partial charge in [0.1, 0.15) is 0 Å². The molecule has 3 rings (SSSR count). The van der Waals surface area contributed by atoms with Crippen molar-refractivity contribution in [3.8, 4) is 6.07 Å². The number of hydrogen-bond acceptors (Lipinski definition) is 4. The van der Waals surface area contributed by atoms with Crippen LogP contribution in [0, 0.1) is 11.3 Å². The lowest BCUT2D eigenvalue weighted by molar-refractivity contribution is 0.0936. The maximum absolute atomic E-state index is 12.5. The van der Waals surface area contributed by atoms with Crippen LogP contribution >= 0.6 is 0 Å². The van der Waals surface area contributed by atoms with Gasteiger partial charge in [0, 0.05) is 18.5 Å². The monoisotopic (exact) mass is 369 g/mol. The highest BCUT2D eigenvalue weighted by atomic mass is 32.2. The number of carbonyl (C=O) groups is 1. The van der Waals surface area contributed by atoms with E-state index in [9.17, 15) is 13.2 Å². The van der Waals surface area contributed by atoms with Gasteiger partial charge in [-0.3, -0.25) is 4.79 Å². The molecular formula is C19H19N3O3S. The van der Waals surface area contributed by atoms with Crippen molar-refractivity contribution in [1.82, 2.24) is 10.0 Å². The predicted molar refractivity (Wildman–Crippen MR) is 96.8 cm³/mol. The summed E-state index contributed by atoms with van der Waals surface area (Å²) in [6.07, 6.45) is 1.90. The van der Waals surface area contributed by atoms with Crippen molar-refractivity contribution in [1.29, 1.82) is 5.26 Å². The van der Waals surface area contributed by atoms with E-state index >= 15 is 0 Å². The van der Waals surface area contributed by atoms with Crippen LogP contribution in [-0.4, -0.2) is 20.9 Å². The highest BCUT2D eigenvalue weighted by Gasteiger charge is 2.24. The van der Waals surface area contributed by atoms with Gasteiger partial charge in [-0.25, -0.2) is 13.1 Å². The summed E-state index contributed by atoms with van der Waals surface area (Å²) in [5.74, 6) is -0.229. The van der Waals surface area contributed by atoms with Crippen LogP contribution in [0.4, 0.5) is 0 Å². The fourth-order valence-corrected chi connectivity index (χ4v) is 4.09. The van der Waals surface area contributed by atoms with Crippen molar-refractivity contribution in [3.63, 3.8) is 0 Å². The highest BCUT2D eigenvalue weighted by Crippen LogP contribution is 2.30. The summed E-state index contributed by atoms with van der Waals surface area (Å²) < 4.78 is 26.5. The smallest absolute Gasteiger partial charge is 0.251 e. The molecule has 2 aromatic rings. The Morgan fingerprint density at radius 3 is 2.62 bits per heavy atom. The van der Waals surface area contributed by atoms with E-state index < -0.39 is 10.0 Å². The van der Waals surface area contributed by atoms with E-state index in [0.29, 0.717) is 5.56 Å². The van der Waals surface area contributed by atoms with Crippen LogP contribution in [0.25, 0.3) is 0 Å². The SMILES string of the molecule is N#CCCNS(=O)(=O)c1ccc(C(=O)N[C@@H]2CCc3ccccc32)cc1. The normalized spacial score (nSPS) is 15.9. The summed E-state index contributed by atoms with van der Waals surface area (Å²) in [4.78, 5) is 12.5. The molecule has 0 unspecified atom stereocenters. The molecule has 2 aromatic carbocycles. The lowest BCUT2D eigenvalue weighted by Crippen LogP contribution is -2.27. The molecule has 1 atom stereocenters. The fraction of sp³-hybridized carbons (Fsp3) is 0.263. The van der Waals surface area contributed by atoms with E-state index in [1.165, 1.54) is 29.8 Å². The van der Waals surface area contributed by atoms with Crippen molar-refractivity contribution in [2.24, 2.45) is 0 Å². The highest BCUT2D eigenvalue weighted by molar-refractivity contribution is 7.89. The first kappa shape index (κ1) is 18.1. The molecule has 0 aliphatic heterocycles. The number of nitrogens with zero attached hydrogens (tertiary/aromatic N) is 1. The Labute approximate surface area is 152 Å². The van der Waals surface area contributed by atoms with Crippen molar-refractivity contribution < 1.29 is 13.2 Å². The molecule has 0 radical (unpaired) electrons. The summed E-state index contributed by atoms with van der Waals surface area (Å²) in [6, 6.07) is 15.7. The molecule has 26 heavy (non-hydrogen) atoms. The largest absolute Gasteiger partial charge is 0.345 e. The molecular weight excluding hydrogens is 350 g/mol. The molecule has 134 valence electrons. The van der Waals surface area contributed by atoms with Crippen molar-refractivity contribution in [3.05, 3.63) is 65.2 Å². The topological polar surface area (TPSA) is 99.1 Å². The van der Waals surface area contributed by atoms with E-state index in [2.05, 4.69) is 16.1 Å². The minimum Gasteiger partial charge on any atom is -0.345 e. The van der Waals surface area contributed by atoms with Crippen LogP contribution in [-0.2, 0) is 16.4 Å². The second kappa shape index (κ2) is 7.68. The van der Waals surface area contributed by atoms with Gasteiger partial charge in [-0.05, 0) is 48.2 Å². The number of nitrogens with one attached hydrogen (secondary N) is 2. The Morgan fingerprint density at radius 2 is 1.88 bits per heavy atom. The quantitative estimate of drug-likeness (QED) is 0.763. The summed E-state index contributed by atoms with van der Waals surface area (Å²) in [5.41, 5.74) is 2.80. The third kappa shape index (κ3) is 3.93. The molecule has 0 bridgehead atoms. The molecule has 0 fully saturated rings. The Hall–Kier alpha value is -2.69. The molecule has 7 heteroatoms. The maximum atomic E-state index is 12.5. The minimum atomic E-state index is -3.67. The average molecular weight is 369 g/mol. The molecule has 1 aliphatic carbocycles. The van der Waals surface area contributed by atoms with Crippen LogP contribution in [0.5, 0.6) is 0 Å². The molecule has 6 nitrogen and oxygen atoms in total. The lowest BCUT2D eigenvalue weighted by atomic mass is 10.1. The Morgan fingerprint density at radius 1 is 1.15 bits per heavy atom. The fourth-order valence-electron chi connectivity index (χ4n) is 3.06.